The molecule has 2 fully saturated rings. The van der Waals surface area contributed by atoms with Crippen LogP contribution in [0, 0.1) is 22.6 Å². The number of amides is 1. The predicted octanol–water partition coefficient (Wildman–Crippen LogP) is 4.83. The molecular formula is C24H30FN3O. The van der Waals surface area contributed by atoms with Crippen molar-refractivity contribution in [3.8, 4) is 5.69 Å². The van der Waals surface area contributed by atoms with E-state index >= 15 is 0 Å². The molecule has 2 bridgehead atoms. The van der Waals surface area contributed by atoms with Crippen molar-refractivity contribution >= 4 is 5.91 Å². The molecule has 3 atom stereocenters. The van der Waals surface area contributed by atoms with Crippen molar-refractivity contribution in [1.29, 1.82) is 0 Å². The highest BCUT2D eigenvalue weighted by Gasteiger charge is 2.61. The lowest BCUT2D eigenvalue weighted by atomic mass is 9.69. The van der Waals surface area contributed by atoms with Crippen LogP contribution in [0.1, 0.15) is 74.6 Å². The number of hydrogen-bond donors (Lipinski definition) is 1. The van der Waals surface area contributed by atoms with Crippen molar-refractivity contribution in [2.45, 2.75) is 71.8 Å². The SMILES string of the molecule is CC1(C)C2CCC1(C)C(NC(=O)c1nn(-c3ccc(F)cc3)c3c1CCCC3)C2. The van der Waals surface area contributed by atoms with Gasteiger partial charge in [0.05, 0.1) is 5.69 Å². The minimum Gasteiger partial charge on any atom is -0.347 e. The standard InChI is InChI=1S/C24H30FN3O/c1-23(2)15-12-13-24(23,3)20(14-15)26-22(29)21-18-6-4-5-7-19(18)28(27-21)17-10-8-16(25)9-11-17/h8-11,15,20H,4-7,12-14H2,1-3H3,(H,26,29). The van der Waals surface area contributed by atoms with Crippen molar-refractivity contribution in [2.24, 2.45) is 16.7 Å². The summed E-state index contributed by atoms with van der Waals surface area (Å²) < 4.78 is 15.2. The molecule has 154 valence electrons. The van der Waals surface area contributed by atoms with Crippen LogP contribution in [-0.4, -0.2) is 21.7 Å². The summed E-state index contributed by atoms with van der Waals surface area (Å²) >= 11 is 0. The summed E-state index contributed by atoms with van der Waals surface area (Å²) in [7, 11) is 0. The third kappa shape index (κ3) is 2.69. The maximum absolute atomic E-state index is 13.4. The van der Waals surface area contributed by atoms with Gasteiger partial charge in [0.25, 0.3) is 5.91 Å². The van der Waals surface area contributed by atoms with Gasteiger partial charge in [0, 0.05) is 17.3 Å². The maximum atomic E-state index is 13.4. The van der Waals surface area contributed by atoms with Crippen LogP contribution in [0.15, 0.2) is 24.3 Å². The van der Waals surface area contributed by atoms with E-state index in [1.807, 2.05) is 4.68 Å². The average Bonchev–Trinajstić information content (AvgIpc) is 3.25. The summed E-state index contributed by atoms with van der Waals surface area (Å²) in [4.78, 5) is 13.4. The molecule has 0 spiro atoms. The smallest absolute Gasteiger partial charge is 0.272 e. The van der Waals surface area contributed by atoms with Crippen LogP contribution in [0.25, 0.3) is 5.69 Å². The second kappa shape index (κ2) is 6.41. The van der Waals surface area contributed by atoms with Crippen LogP contribution in [-0.2, 0) is 12.8 Å². The highest BCUT2D eigenvalue weighted by Crippen LogP contribution is 2.65. The Kier molecular flexibility index (Phi) is 4.17. The Hall–Kier alpha value is -2.17. The number of fused-ring (bicyclic) bond motifs is 3. The Morgan fingerprint density at radius 3 is 2.55 bits per heavy atom. The number of nitrogens with zero attached hydrogens (tertiary/aromatic N) is 2. The molecule has 1 heterocycles. The molecule has 2 saturated carbocycles. The van der Waals surface area contributed by atoms with E-state index in [-0.39, 0.29) is 28.6 Å². The van der Waals surface area contributed by atoms with E-state index in [9.17, 15) is 9.18 Å². The maximum Gasteiger partial charge on any atom is 0.272 e. The first-order chi connectivity index (χ1) is 13.8. The molecule has 3 aliphatic rings. The zero-order chi connectivity index (χ0) is 20.4. The van der Waals surface area contributed by atoms with Gasteiger partial charge in [-0.25, -0.2) is 9.07 Å². The quantitative estimate of drug-likeness (QED) is 0.809. The molecule has 0 aliphatic heterocycles. The van der Waals surface area contributed by atoms with Gasteiger partial charge in [-0.15, -0.1) is 0 Å². The van der Waals surface area contributed by atoms with E-state index in [1.54, 1.807) is 12.1 Å². The highest BCUT2D eigenvalue weighted by atomic mass is 19.1. The summed E-state index contributed by atoms with van der Waals surface area (Å²) in [5.41, 5.74) is 3.97. The van der Waals surface area contributed by atoms with Gasteiger partial charge < -0.3 is 5.32 Å². The van der Waals surface area contributed by atoms with Crippen LogP contribution in [0.3, 0.4) is 0 Å². The van der Waals surface area contributed by atoms with Gasteiger partial charge in [-0.1, -0.05) is 20.8 Å². The van der Waals surface area contributed by atoms with Gasteiger partial charge in [-0.05, 0) is 86.0 Å². The van der Waals surface area contributed by atoms with Crippen molar-refractivity contribution in [2.75, 3.05) is 0 Å². The van der Waals surface area contributed by atoms with E-state index in [1.165, 1.54) is 25.0 Å². The van der Waals surface area contributed by atoms with Gasteiger partial charge in [-0.3, -0.25) is 4.79 Å². The molecule has 3 unspecified atom stereocenters. The van der Waals surface area contributed by atoms with Crippen molar-refractivity contribution in [1.82, 2.24) is 15.1 Å². The zero-order valence-electron chi connectivity index (χ0n) is 17.6. The number of carbonyl (C=O) groups excluding carboxylic acids is 1. The number of aromatic nitrogens is 2. The molecule has 0 saturated heterocycles. The van der Waals surface area contributed by atoms with Gasteiger partial charge >= 0.3 is 0 Å². The Labute approximate surface area is 171 Å². The Bertz CT molecular complexity index is 961. The van der Waals surface area contributed by atoms with Gasteiger partial charge in [-0.2, -0.15) is 5.10 Å². The molecule has 1 amide bonds. The van der Waals surface area contributed by atoms with E-state index in [2.05, 4.69) is 26.1 Å². The Morgan fingerprint density at radius 1 is 1.17 bits per heavy atom. The second-order valence-corrected chi connectivity index (χ2v) is 10.0. The first kappa shape index (κ1) is 18.8. The van der Waals surface area contributed by atoms with E-state index in [0.717, 1.165) is 49.0 Å². The number of nitrogens with one attached hydrogen (secondary N) is 1. The third-order valence-electron chi connectivity index (χ3n) is 8.57. The molecule has 0 radical (unpaired) electrons. The molecule has 3 aliphatic carbocycles. The summed E-state index contributed by atoms with van der Waals surface area (Å²) in [6, 6.07) is 6.57. The minimum atomic E-state index is -0.264. The largest absolute Gasteiger partial charge is 0.347 e. The normalized spacial score (nSPS) is 29.7. The molecule has 1 aromatic heterocycles. The predicted molar refractivity (Wildman–Crippen MR) is 111 cm³/mol. The number of hydrogen-bond acceptors (Lipinski definition) is 2. The van der Waals surface area contributed by atoms with Crippen molar-refractivity contribution in [3.05, 3.63) is 47.0 Å². The fraction of sp³-hybridized carbons (Fsp3) is 0.583. The lowest BCUT2D eigenvalue weighted by Gasteiger charge is -2.39. The lowest BCUT2D eigenvalue weighted by Crippen LogP contribution is -2.47. The fourth-order valence-corrected chi connectivity index (χ4v) is 6.23. The number of benzene rings is 1. The number of rotatable bonds is 3. The molecule has 5 rings (SSSR count). The number of carbonyl (C=O) groups is 1. The van der Waals surface area contributed by atoms with Gasteiger partial charge in [0.1, 0.15) is 5.82 Å². The van der Waals surface area contributed by atoms with Crippen LogP contribution >= 0.6 is 0 Å². The third-order valence-corrected chi connectivity index (χ3v) is 8.57. The minimum absolute atomic E-state index is 0.0430. The molecular weight excluding hydrogens is 365 g/mol. The lowest BCUT2D eigenvalue weighted by molar-refractivity contribution is 0.0820. The molecule has 29 heavy (non-hydrogen) atoms. The van der Waals surface area contributed by atoms with E-state index in [4.69, 9.17) is 5.10 Å². The summed E-state index contributed by atoms with van der Waals surface area (Å²) in [6.45, 7) is 7.07. The van der Waals surface area contributed by atoms with Crippen LogP contribution < -0.4 is 5.32 Å². The fourth-order valence-electron chi connectivity index (χ4n) is 6.23. The van der Waals surface area contributed by atoms with E-state index in [0.29, 0.717) is 11.6 Å². The summed E-state index contributed by atoms with van der Waals surface area (Å²) in [5.74, 6) is 0.377. The van der Waals surface area contributed by atoms with Gasteiger partial charge in [0.2, 0.25) is 0 Å². The second-order valence-electron chi connectivity index (χ2n) is 10.0. The topological polar surface area (TPSA) is 46.9 Å². The van der Waals surface area contributed by atoms with E-state index < -0.39 is 0 Å². The van der Waals surface area contributed by atoms with Crippen molar-refractivity contribution < 1.29 is 9.18 Å². The molecule has 1 aromatic carbocycles. The van der Waals surface area contributed by atoms with Crippen LogP contribution in [0.2, 0.25) is 0 Å². The number of halogens is 1. The van der Waals surface area contributed by atoms with Gasteiger partial charge in [0.15, 0.2) is 5.69 Å². The van der Waals surface area contributed by atoms with Crippen molar-refractivity contribution in [3.63, 3.8) is 0 Å². The average molecular weight is 396 g/mol. The molecule has 1 N–H and O–H groups in total. The zero-order valence-corrected chi connectivity index (χ0v) is 17.6. The Morgan fingerprint density at radius 2 is 1.90 bits per heavy atom. The monoisotopic (exact) mass is 395 g/mol. The first-order valence-electron chi connectivity index (χ1n) is 11.0. The highest BCUT2D eigenvalue weighted by molar-refractivity contribution is 5.94. The molecule has 4 nitrogen and oxygen atoms in total. The van der Waals surface area contributed by atoms with Crippen LogP contribution in [0.5, 0.6) is 0 Å². The Balaban J connectivity index is 1.47. The first-order valence-corrected chi connectivity index (χ1v) is 11.0. The summed E-state index contributed by atoms with van der Waals surface area (Å²) in [6.07, 6.45) is 7.48. The molecule has 5 heteroatoms. The molecule has 2 aromatic rings. The summed E-state index contributed by atoms with van der Waals surface area (Å²) in [5, 5.41) is 8.11. The van der Waals surface area contributed by atoms with Crippen LogP contribution in [0.4, 0.5) is 4.39 Å².